The van der Waals surface area contributed by atoms with Crippen LogP contribution in [0.15, 0.2) is 162 Å². The molecule has 0 saturated heterocycles. The molecule has 2 heterocycles. The molecule has 1 aliphatic rings. The molecule has 9 aromatic carbocycles. The van der Waals surface area contributed by atoms with Gasteiger partial charge in [0.1, 0.15) is 11.2 Å². The van der Waals surface area contributed by atoms with Gasteiger partial charge in [-0.2, -0.15) is 0 Å². The second kappa shape index (κ2) is 10.4. The lowest BCUT2D eigenvalue weighted by Gasteiger charge is -2.22. The van der Waals surface area contributed by atoms with Gasteiger partial charge in [-0.15, -0.1) is 11.3 Å². The predicted molar refractivity (Wildman–Crippen MR) is 228 cm³/mol. The van der Waals surface area contributed by atoms with E-state index in [1.54, 1.807) is 0 Å². The largest absolute Gasteiger partial charge is 0.455 e. The van der Waals surface area contributed by atoms with Crippen molar-refractivity contribution in [3.05, 3.63) is 169 Å². The van der Waals surface area contributed by atoms with E-state index in [2.05, 4.69) is 172 Å². The smallest absolute Gasteiger partial charge is 0.143 e. The van der Waals surface area contributed by atoms with Crippen LogP contribution in [-0.2, 0) is 5.41 Å². The second-order valence-electron chi connectivity index (χ2n) is 15.2. The van der Waals surface area contributed by atoms with Crippen LogP contribution in [-0.4, -0.2) is 0 Å². The number of hydrogen-bond donors (Lipinski definition) is 0. The first-order valence-electron chi connectivity index (χ1n) is 18.4. The minimum Gasteiger partial charge on any atom is -0.455 e. The van der Waals surface area contributed by atoms with Crippen molar-refractivity contribution in [2.75, 3.05) is 0 Å². The van der Waals surface area contributed by atoms with Gasteiger partial charge in [0.2, 0.25) is 0 Å². The Morgan fingerprint density at radius 3 is 1.74 bits per heavy atom. The summed E-state index contributed by atoms with van der Waals surface area (Å²) in [5.41, 5.74) is 12.2. The fourth-order valence-electron chi connectivity index (χ4n) is 9.53. The molecule has 1 nitrogen and oxygen atoms in total. The van der Waals surface area contributed by atoms with Crippen LogP contribution in [0.1, 0.15) is 25.0 Å². The monoisotopic (exact) mass is 692 g/mol. The summed E-state index contributed by atoms with van der Waals surface area (Å²) in [5.74, 6) is 0. The first kappa shape index (κ1) is 29.4. The summed E-state index contributed by atoms with van der Waals surface area (Å²) in [4.78, 5) is 0. The fourth-order valence-corrected chi connectivity index (χ4v) is 10.6. The molecule has 0 unspecified atom stereocenters. The molecule has 0 fully saturated rings. The summed E-state index contributed by atoms with van der Waals surface area (Å²) in [6.07, 6.45) is 0. The Morgan fingerprint density at radius 2 is 1.00 bits per heavy atom. The maximum atomic E-state index is 6.66. The number of benzene rings is 9. The molecule has 0 N–H and O–H groups in total. The Hall–Kier alpha value is -6.22. The van der Waals surface area contributed by atoms with E-state index >= 15 is 0 Å². The number of thiophene rings is 1. The molecular formula is C51H32OS. The van der Waals surface area contributed by atoms with Gasteiger partial charge in [0.15, 0.2) is 0 Å². The summed E-state index contributed by atoms with van der Waals surface area (Å²) in [6, 6.07) is 58.7. The van der Waals surface area contributed by atoms with Gasteiger partial charge in [-0.05, 0) is 114 Å². The summed E-state index contributed by atoms with van der Waals surface area (Å²) in [7, 11) is 0. The van der Waals surface area contributed by atoms with Crippen molar-refractivity contribution in [1.82, 2.24) is 0 Å². The lowest BCUT2D eigenvalue weighted by molar-refractivity contribution is 0.648. The summed E-state index contributed by atoms with van der Waals surface area (Å²) in [5, 5.41) is 12.5. The Morgan fingerprint density at radius 1 is 0.415 bits per heavy atom. The van der Waals surface area contributed by atoms with Crippen LogP contribution in [0.4, 0.5) is 0 Å². The third-order valence-corrected chi connectivity index (χ3v) is 13.2. The highest BCUT2D eigenvalue weighted by molar-refractivity contribution is 7.25. The molecule has 0 bridgehead atoms. The highest BCUT2D eigenvalue weighted by Crippen LogP contribution is 2.53. The van der Waals surface area contributed by atoms with Gasteiger partial charge in [-0.3, -0.25) is 0 Å². The predicted octanol–water partition coefficient (Wildman–Crippen LogP) is 15.1. The summed E-state index contributed by atoms with van der Waals surface area (Å²) in [6.45, 7) is 4.71. The molecule has 0 aliphatic heterocycles. The molecule has 1 aliphatic carbocycles. The normalized spacial score (nSPS) is 13.6. The molecule has 0 radical (unpaired) electrons. The van der Waals surface area contributed by atoms with Crippen molar-refractivity contribution >= 4 is 85.8 Å². The molecule has 2 aromatic heterocycles. The zero-order chi connectivity index (χ0) is 35.0. The van der Waals surface area contributed by atoms with Gasteiger partial charge in [0.05, 0.1) is 0 Å². The summed E-state index contributed by atoms with van der Waals surface area (Å²) < 4.78 is 9.32. The van der Waals surface area contributed by atoms with Gasteiger partial charge in [0.25, 0.3) is 0 Å². The van der Waals surface area contributed by atoms with Gasteiger partial charge < -0.3 is 4.42 Å². The average Bonchev–Trinajstić information content (AvgIpc) is 3.83. The van der Waals surface area contributed by atoms with E-state index in [1.807, 2.05) is 11.3 Å². The van der Waals surface area contributed by atoms with E-state index in [1.165, 1.54) is 102 Å². The van der Waals surface area contributed by atoms with Gasteiger partial charge in [-0.25, -0.2) is 0 Å². The number of fused-ring (bicyclic) bond motifs is 13. The van der Waals surface area contributed by atoms with E-state index < -0.39 is 0 Å². The van der Waals surface area contributed by atoms with Gasteiger partial charge in [0, 0.05) is 41.7 Å². The quantitative estimate of drug-likeness (QED) is 0.164. The maximum Gasteiger partial charge on any atom is 0.143 e. The fraction of sp³-hybridized carbons (Fsp3) is 0.0588. The highest BCUT2D eigenvalue weighted by atomic mass is 32.1. The van der Waals surface area contributed by atoms with E-state index in [-0.39, 0.29) is 5.41 Å². The Bertz CT molecular complexity index is 3320. The van der Waals surface area contributed by atoms with Crippen molar-refractivity contribution < 1.29 is 4.42 Å². The number of hydrogen-bond acceptors (Lipinski definition) is 2. The van der Waals surface area contributed by atoms with Crippen LogP contribution in [0, 0.1) is 0 Å². The van der Waals surface area contributed by atoms with Gasteiger partial charge in [-0.1, -0.05) is 129 Å². The molecule has 53 heavy (non-hydrogen) atoms. The molecule has 0 saturated carbocycles. The Balaban J connectivity index is 1.10. The van der Waals surface area contributed by atoms with Crippen LogP contribution in [0.25, 0.3) is 108 Å². The van der Waals surface area contributed by atoms with Crippen molar-refractivity contribution in [3.8, 4) is 33.4 Å². The number of furan rings is 1. The molecule has 2 heteroatoms. The molecule has 11 aromatic rings. The first-order valence-corrected chi connectivity index (χ1v) is 19.2. The Labute approximate surface area is 310 Å². The van der Waals surface area contributed by atoms with Crippen LogP contribution < -0.4 is 0 Å². The molecular weight excluding hydrogens is 661 g/mol. The van der Waals surface area contributed by atoms with Crippen molar-refractivity contribution in [2.45, 2.75) is 19.3 Å². The molecule has 0 atom stereocenters. The topological polar surface area (TPSA) is 13.1 Å². The average molecular weight is 693 g/mol. The zero-order valence-corrected chi connectivity index (χ0v) is 30.1. The van der Waals surface area contributed by atoms with Crippen LogP contribution >= 0.6 is 11.3 Å². The van der Waals surface area contributed by atoms with Crippen LogP contribution in [0.2, 0.25) is 0 Å². The minimum atomic E-state index is -0.156. The maximum absolute atomic E-state index is 6.66. The SMILES string of the molecule is CC1(C)c2ccc(-c3c4ccccc4c(-c4ccc5sc6ccccc6c5c4)c4ccccc34)cc2-c2cc3c(cc21)oc1c2ccccc2ccc31. The lowest BCUT2D eigenvalue weighted by atomic mass is 9.81. The van der Waals surface area contributed by atoms with Crippen LogP contribution in [0.3, 0.4) is 0 Å². The third-order valence-electron chi connectivity index (χ3n) is 12.0. The van der Waals surface area contributed by atoms with E-state index in [4.69, 9.17) is 4.42 Å². The van der Waals surface area contributed by atoms with Crippen molar-refractivity contribution in [3.63, 3.8) is 0 Å². The molecule has 248 valence electrons. The number of rotatable bonds is 2. The molecule has 0 amide bonds. The van der Waals surface area contributed by atoms with Crippen LogP contribution in [0.5, 0.6) is 0 Å². The summed E-state index contributed by atoms with van der Waals surface area (Å²) >= 11 is 1.87. The Kier molecular flexibility index (Phi) is 5.78. The minimum absolute atomic E-state index is 0.156. The third kappa shape index (κ3) is 3.96. The first-order chi connectivity index (χ1) is 26.0. The highest BCUT2D eigenvalue weighted by Gasteiger charge is 2.37. The van der Waals surface area contributed by atoms with Crippen molar-refractivity contribution in [1.29, 1.82) is 0 Å². The van der Waals surface area contributed by atoms with E-state index in [9.17, 15) is 0 Å². The molecule has 0 spiro atoms. The van der Waals surface area contributed by atoms with Gasteiger partial charge >= 0.3 is 0 Å². The molecule has 12 rings (SSSR count). The standard InChI is InChI=1S/C51H32OS/c1-51(2)43-23-20-30(25-39(43)40-27-41-38-22-19-29-11-3-4-12-32(29)50(38)52-45(41)28-44(40)51)48-34-14-5-7-16-36(34)49(37-17-8-6-15-35(37)48)31-21-24-47-42(26-31)33-13-9-10-18-46(33)53-47/h3-28H,1-2H3. The second-order valence-corrected chi connectivity index (χ2v) is 16.3. The lowest BCUT2D eigenvalue weighted by Crippen LogP contribution is -2.14. The van der Waals surface area contributed by atoms with Crippen molar-refractivity contribution in [2.24, 2.45) is 0 Å². The van der Waals surface area contributed by atoms with E-state index in [0.29, 0.717) is 0 Å². The zero-order valence-electron chi connectivity index (χ0n) is 29.3. The van der Waals surface area contributed by atoms with E-state index in [0.717, 1.165) is 16.6 Å².